The minimum Gasteiger partial charge on any atom is -0.457 e. The van der Waals surface area contributed by atoms with Crippen LogP contribution in [0.5, 0.6) is 11.5 Å². The molecule has 3 heterocycles. The molecule has 0 aliphatic carbocycles. The second kappa shape index (κ2) is 10.8. The van der Waals surface area contributed by atoms with Gasteiger partial charge in [-0.25, -0.2) is 0 Å². The summed E-state index contributed by atoms with van der Waals surface area (Å²) >= 11 is 1.60. The fraction of sp³-hybridized carbons (Fsp3) is 0.429. The Hall–Kier alpha value is -3.26. The highest BCUT2D eigenvalue weighted by atomic mass is 32.1. The first-order valence-electron chi connectivity index (χ1n) is 12.8. The van der Waals surface area contributed by atoms with Gasteiger partial charge in [0.1, 0.15) is 21.5 Å². The van der Waals surface area contributed by atoms with Gasteiger partial charge in [0.2, 0.25) is 5.91 Å². The molecule has 1 aromatic heterocycles. The number of hydrogen-bond acceptors (Lipinski definition) is 6. The SMILES string of the molecule is CC(C)c1nnc(-c2ccc(Oc3cc(C(=O)N4CCCCC4)ccc3CN3CCCC3=O)cc2)s1. The van der Waals surface area contributed by atoms with E-state index < -0.39 is 0 Å². The van der Waals surface area contributed by atoms with Crippen LogP contribution in [0.3, 0.4) is 0 Å². The number of carbonyl (C=O) groups is 2. The van der Waals surface area contributed by atoms with E-state index in [9.17, 15) is 9.59 Å². The van der Waals surface area contributed by atoms with Crippen molar-refractivity contribution in [2.45, 2.75) is 58.4 Å². The van der Waals surface area contributed by atoms with Gasteiger partial charge in [-0.3, -0.25) is 9.59 Å². The van der Waals surface area contributed by atoms with E-state index in [1.54, 1.807) is 11.3 Å². The topological polar surface area (TPSA) is 75.6 Å². The van der Waals surface area contributed by atoms with E-state index in [4.69, 9.17) is 4.74 Å². The van der Waals surface area contributed by atoms with Crippen molar-refractivity contribution in [2.24, 2.45) is 0 Å². The normalized spacial score (nSPS) is 16.1. The second-order valence-electron chi connectivity index (χ2n) is 9.82. The molecule has 0 saturated carbocycles. The molecule has 2 amide bonds. The van der Waals surface area contributed by atoms with E-state index in [-0.39, 0.29) is 11.8 Å². The van der Waals surface area contributed by atoms with E-state index in [0.29, 0.717) is 35.9 Å². The maximum Gasteiger partial charge on any atom is 0.253 e. The van der Waals surface area contributed by atoms with Crippen LogP contribution in [0, 0.1) is 0 Å². The summed E-state index contributed by atoms with van der Waals surface area (Å²) in [5.41, 5.74) is 2.51. The lowest BCUT2D eigenvalue weighted by molar-refractivity contribution is -0.128. The first-order valence-corrected chi connectivity index (χ1v) is 13.6. The standard InChI is InChI=1S/C28H32N4O3S/c1-19(2)26-29-30-27(36-26)20-10-12-23(13-11-20)35-24-17-21(28(34)31-14-4-3-5-15-31)8-9-22(24)18-32-16-6-7-25(32)33/h8-13,17,19H,3-7,14-16,18H2,1-2H3. The Morgan fingerprint density at radius 2 is 1.78 bits per heavy atom. The maximum atomic E-state index is 13.2. The van der Waals surface area contributed by atoms with E-state index in [1.807, 2.05) is 52.3 Å². The molecule has 7 nitrogen and oxygen atoms in total. The van der Waals surface area contributed by atoms with Crippen LogP contribution < -0.4 is 4.74 Å². The third-order valence-corrected chi connectivity index (χ3v) is 8.03. The fourth-order valence-electron chi connectivity index (χ4n) is 4.65. The van der Waals surface area contributed by atoms with Crippen LogP contribution in [0.15, 0.2) is 42.5 Å². The van der Waals surface area contributed by atoms with Crippen LogP contribution >= 0.6 is 11.3 Å². The van der Waals surface area contributed by atoms with Crippen molar-refractivity contribution in [3.63, 3.8) is 0 Å². The highest BCUT2D eigenvalue weighted by molar-refractivity contribution is 7.14. The molecule has 36 heavy (non-hydrogen) atoms. The van der Waals surface area contributed by atoms with Crippen molar-refractivity contribution in [2.75, 3.05) is 19.6 Å². The number of rotatable bonds is 7. The molecule has 2 aliphatic heterocycles. The lowest BCUT2D eigenvalue weighted by Crippen LogP contribution is -2.35. The third-order valence-electron chi connectivity index (χ3n) is 6.75. The van der Waals surface area contributed by atoms with Gasteiger partial charge in [0.15, 0.2) is 0 Å². The Morgan fingerprint density at radius 1 is 1.00 bits per heavy atom. The van der Waals surface area contributed by atoms with Crippen LogP contribution in [0.4, 0.5) is 0 Å². The van der Waals surface area contributed by atoms with Crippen LogP contribution in [0.2, 0.25) is 0 Å². The lowest BCUT2D eigenvalue weighted by atomic mass is 10.1. The number of piperidine rings is 1. The molecular formula is C28H32N4O3S. The summed E-state index contributed by atoms with van der Waals surface area (Å²) in [6.07, 6.45) is 4.74. The van der Waals surface area contributed by atoms with Gasteiger partial charge in [0, 0.05) is 55.2 Å². The Morgan fingerprint density at radius 3 is 2.44 bits per heavy atom. The monoisotopic (exact) mass is 504 g/mol. The van der Waals surface area contributed by atoms with Crippen molar-refractivity contribution in [1.82, 2.24) is 20.0 Å². The zero-order chi connectivity index (χ0) is 25.1. The molecule has 0 radical (unpaired) electrons. The first kappa shape index (κ1) is 24.4. The van der Waals surface area contributed by atoms with Crippen LogP contribution in [0.1, 0.15) is 72.8 Å². The third kappa shape index (κ3) is 5.43. The van der Waals surface area contributed by atoms with Crippen LogP contribution in [-0.4, -0.2) is 51.4 Å². The van der Waals surface area contributed by atoms with Crippen LogP contribution in [-0.2, 0) is 11.3 Å². The molecule has 0 bridgehead atoms. The summed E-state index contributed by atoms with van der Waals surface area (Å²) in [5, 5.41) is 10.5. The zero-order valence-corrected chi connectivity index (χ0v) is 21.7. The number of aromatic nitrogens is 2. The largest absolute Gasteiger partial charge is 0.457 e. The van der Waals surface area contributed by atoms with Gasteiger partial charge in [-0.05, 0) is 62.1 Å². The molecule has 5 rings (SSSR count). The van der Waals surface area contributed by atoms with Crippen molar-refractivity contribution in [1.29, 1.82) is 0 Å². The molecule has 8 heteroatoms. The summed E-state index contributed by atoms with van der Waals surface area (Å²) in [6.45, 7) is 7.04. The van der Waals surface area contributed by atoms with Gasteiger partial charge < -0.3 is 14.5 Å². The minimum atomic E-state index is 0.0379. The van der Waals surface area contributed by atoms with Gasteiger partial charge in [-0.2, -0.15) is 0 Å². The summed E-state index contributed by atoms with van der Waals surface area (Å²) in [4.78, 5) is 29.2. The molecule has 0 atom stereocenters. The fourth-order valence-corrected chi connectivity index (χ4v) is 5.50. The van der Waals surface area contributed by atoms with E-state index in [1.165, 1.54) is 6.42 Å². The Bertz CT molecular complexity index is 1230. The summed E-state index contributed by atoms with van der Waals surface area (Å²) in [6, 6.07) is 13.4. The highest BCUT2D eigenvalue weighted by Crippen LogP contribution is 2.32. The smallest absolute Gasteiger partial charge is 0.253 e. The lowest BCUT2D eigenvalue weighted by Gasteiger charge is -2.27. The molecule has 3 aromatic rings. The predicted molar refractivity (Wildman–Crippen MR) is 140 cm³/mol. The van der Waals surface area contributed by atoms with Gasteiger partial charge >= 0.3 is 0 Å². The molecule has 0 spiro atoms. The Labute approximate surface area is 216 Å². The minimum absolute atomic E-state index is 0.0379. The number of ether oxygens (including phenoxy) is 1. The molecule has 2 fully saturated rings. The van der Waals surface area contributed by atoms with Crippen LogP contribution in [0.25, 0.3) is 10.6 Å². The van der Waals surface area contributed by atoms with Gasteiger partial charge in [0.25, 0.3) is 5.91 Å². The summed E-state index contributed by atoms with van der Waals surface area (Å²) in [5.74, 6) is 1.83. The average molecular weight is 505 g/mol. The predicted octanol–water partition coefficient (Wildman–Crippen LogP) is 5.87. The van der Waals surface area contributed by atoms with Crippen molar-refractivity contribution in [3.05, 3.63) is 58.6 Å². The van der Waals surface area contributed by atoms with Crippen molar-refractivity contribution >= 4 is 23.2 Å². The van der Waals surface area contributed by atoms with E-state index in [0.717, 1.165) is 60.0 Å². The van der Waals surface area contributed by atoms with Gasteiger partial charge in [0.05, 0.1) is 0 Å². The molecule has 0 N–H and O–H groups in total. The molecule has 2 aliphatic rings. The second-order valence-corrected chi connectivity index (χ2v) is 10.8. The zero-order valence-electron chi connectivity index (χ0n) is 20.9. The van der Waals surface area contributed by atoms with Crippen molar-refractivity contribution < 1.29 is 14.3 Å². The molecule has 188 valence electrons. The Balaban J connectivity index is 1.39. The quantitative estimate of drug-likeness (QED) is 0.402. The van der Waals surface area contributed by atoms with Gasteiger partial charge in [-0.1, -0.05) is 31.3 Å². The molecule has 0 unspecified atom stereocenters. The number of likely N-dealkylation sites (tertiary alicyclic amines) is 2. The molecular weight excluding hydrogens is 472 g/mol. The first-order chi connectivity index (χ1) is 17.5. The Kier molecular flexibility index (Phi) is 7.32. The number of amides is 2. The van der Waals surface area contributed by atoms with Gasteiger partial charge in [-0.15, -0.1) is 10.2 Å². The number of nitrogens with zero attached hydrogens (tertiary/aromatic N) is 4. The average Bonchev–Trinajstić information content (AvgIpc) is 3.55. The summed E-state index contributed by atoms with van der Waals surface area (Å²) in [7, 11) is 0. The van der Waals surface area contributed by atoms with E-state index >= 15 is 0 Å². The number of hydrogen-bond donors (Lipinski definition) is 0. The molecule has 2 aromatic carbocycles. The highest BCUT2D eigenvalue weighted by Gasteiger charge is 2.24. The number of carbonyl (C=O) groups excluding carboxylic acids is 2. The van der Waals surface area contributed by atoms with E-state index in [2.05, 4.69) is 24.0 Å². The maximum absolute atomic E-state index is 13.2. The number of benzene rings is 2. The molecule has 2 saturated heterocycles. The van der Waals surface area contributed by atoms with Crippen molar-refractivity contribution in [3.8, 4) is 22.1 Å². The summed E-state index contributed by atoms with van der Waals surface area (Å²) < 4.78 is 6.33.